The molecule has 0 aromatic rings. The molecule has 0 aliphatic carbocycles. The van der Waals surface area contributed by atoms with Gasteiger partial charge in [-0.25, -0.2) is 0 Å². The number of hydrogen-bond acceptors (Lipinski definition) is 15. The highest BCUT2D eigenvalue weighted by molar-refractivity contribution is 5.77. The molecule has 6 amide bonds. The molecule has 21 nitrogen and oxygen atoms in total. The molecule has 0 fully saturated rings. The van der Waals surface area contributed by atoms with Crippen molar-refractivity contribution >= 4 is 35.4 Å². The van der Waals surface area contributed by atoms with E-state index in [9.17, 15) is 28.8 Å². The maximum Gasteiger partial charge on any atom is 0.221 e. The fourth-order valence-corrected chi connectivity index (χ4v) is 17.2. The lowest BCUT2D eigenvalue weighted by molar-refractivity contribution is -0.122. The summed E-state index contributed by atoms with van der Waals surface area (Å²) in [5.41, 5.74) is 17.0. The van der Waals surface area contributed by atoms with Crippen LogP contribution in [0.2, 0.25) is 0 Å². The summed E-state index contributed by atoms with van der Waals surface area (Å²) in [5, 5.41) is 32.4. The molecule has 0 atom stereocenters. The Bertz CT molecular complexity index is 2240. The number of carbonyl (C=O) groups is 6. The zero-order valence-electron chi connectivity index (χ0n) is 92.2. The predicted octanol–water partition coefficient (Wildman–Crippen LogP) is 25.4. The number of hydrogen-bond donors (Lipinski definition) is 13. The van der Waals surface area contributed by atoms with E-state index in [2.05, 4.69) is 111 Å². The Morgan fingerprint density at radius 3 is 0.566 bits per heavy atom. The summed E-state index contributed by atoms with van der Waals surface area (Å²) in [4.78, 5) is 76.6. The molecule has 16 N–H and O–H groups in total. The second-order valence-electron chi connectivity index (χ2n) is 40.0. The summed E-state index contributed by atoms with van der Waals surface area (Å²) in [6.45, 7) is 36.1. The zero-order chi connectivity index (χ0) is 99.8. The molecule has 0 aromatic heterocycles. The molecule has 0 rings (SSSR count). The van der Waals surface area contributed by atoms with Gasteiger partial charge in [-0.3, -0.25) is 28.8 Å². The van der Waals surface area contributed by atoms with Gasteiger partial charge in [0.1, 0.15) is 0 Å². The molecule has 0 aromatic carbocycles. The van der Waals surface area contributed by atoms with Crippen molar-refractivity contribution in [3.05, 3.63) is 0 Å². The van der Waals surface area contributed by atoms with Gasteiger partial charge in [0.2, 0.25) is 35.4 Å². The van der Waals surface area contributed by atoms with Gasteiger partial charge in [0.25, 0.3) is 0 Å². The van der Waals surface area contributed by atoms with Gasteiger partial charge in [0, 0.05) is 137 Å². The van der Waals surface area contributed by atoms with Gasteiger partial charge < -0.3 is 80.2 Å². The molecule has 0 aliphatic heterocycles. The van der Waals surface area contributed by atoms with Crippen LogP contribution in [0.3, 0.4) is 0 Å². The van der Waals surface area contributed by atoms with Crippen LogP contribution in [0.25, 0.3) is 0 Å². The summed E-state index contributed by atoms with van der Waals surface area (Å²) in [7, 11) is 0. The molecule has 0 saturated heterocycles. The molecule has 812 valence electrons. The molecule has 21 heteroatoms. The third-order valence-corrected chi connectivity index (χ3v) is 26.3. The highest BCUT2D eigenvalue weighted by Crippen LogP contribution is 2.17. The predicted molar refractivity (Wildman–Crippen MR) is 594 cm³/mol. The fraction of sp³-hybridized carbons (Fsp3) is 0.948. The first-order chi connectivity index (χ1) is 66.9. The van der Waals surface area contributed by atoms with Crippen molar-refractivity contribution in [1.82, 2.24) is 63.0 Å². The van der Waals surface area contributed by atoms with Crippen molar-refractivity contribution in [3.8, 4) is 0 Å². The number of rotatable bonds is 110. The molecule has 0 spiro atoms. The number of nitrogens with two attached hydrogens (primary N) is 3. The Kier molecular flexibility index (Phi) is 130. The van der Waals surface area contributed by atoms with Gasteiger partial charge in [-0.1, -0.05) is 408 Å². The van der Waals surface area contributed by atoms with E-state index in [-0.39, 0.29) is 35.4 Å². The maximum absolute atomic E-state index is 12.2. The normalized spacial score (nSPS) is 11.2. The van der Waals surface area contributed by atoms with Crippen LogP contribution in [-0.2, 0) is 28.8 Å². The summed E-state index contributed by atoms with van der Waals surface area (Å²) < 4.78 is 0. The van der Waals surface area contributed by atoms with Gasteiger partial charge in [0.15, 0.2) is 0 Å². The topological polar surface area (TPSA) is 307 Å². The summed E-state index contributed by atoms with van der Waals surface area (Å²) >= 11 is 0. The second-order valence-corrected chi connectivity index (χ2v) is 40.0. The first kappa shape index (κ1) is 139. The molecule has 0 saturated carbocycles. The summed E-state index contributed by atoms with van der Waals surface area (Å²) in [6.07, 6.45) is 96.7. The molecule has 0 bridgehead atoms. The van der Waals surface area contributed by atoms with E-state index in [1.807, 2.05) is 0 Å². The van der Waals surface area contributed by atoms with Crippen molar-refractivity contribution in [3.63, 3.8) is 0 Å². The minimum atomic E-state index is 0.154. The summed E-state index contributed by atoms with van der Waals surface area (Å²) in [5.74, 6) is 1.20. The molecule has 0 aliphatic rings. The van der Waals surface area contributed by atoms with Crippen LogP contribution in [0, 0.1) is 0 Å². The third-order valence-electron chi connectivity index (χ3n) is 26.3. The van der Waals surface area contributed by atoms with Crippen molar-refractivity contribution in [2.45, 2.75) is 556 Å². The van der Waals surface area contributed by atoms with E-state index in [1.165, 1.54) is 366 Å². The number of amides is 6. The highest BCUT2D eigenvalue weighted by Gasteiger charge is 2.12. The van der Waals surface area contributed by atoms with Crippen LogP contribution in [0.15, 0.2) is 0 Å². The van der Waals surface area contributed by atoms with Gasteiger partial charge in [-0.15, -0.1) is 0 Å². The molecule has 0 unspecified atom stereocenters. The molecule has 0 radical (unpaired) electrons. The molecule has 136 heavy (non-hydrogen) atoms. The zero-order valence-corrected chi connectivity index (χ0v) is 92.2. The minimum Gasteiger partial charge on any atom is -0.356 e. The lowest BCUT2D eigenvalue weighted by atomic mass is 10.1. The van der Waals surface area contributed by atoms with Crippen LogP contribution in [0.5, 0.6) is 0 Å². The Hall–Kier alpha value is -3.54. The number of carbonyl (C=O) groups excluding carboxylic acids is 6. The second kappa shape index (κ2) is 128. The third kappa shape index (κ3) is 128. The molecule has 0 heterocycles. The van der Waals surface area contributed by atoms with E-state index in [4.69, 9.17) is 17.2 Å². The quantitative estimate of drug-likeness (QED) is 0.0252. The summed E-state index contributed by atoms with van der Waals surface area (Å²) in [6, 6.07) is 0. The van der Waals surface area contributed by atoms with Crippen molar-refractivity contribution in [2.75, 3.05) is 151 Å². The Balaban J connectivity index is -0.000000876. The van der Waals surface area contributed by atoms with Crippen LogP contribution in [-0.4, -0.2) is 196 Å². The van der Waals surface area contributed by atoms with Gasteiger partial charge in [-0.05, 0) is 162 Å². The van der Waals surface area contributed by atoms with Crippen LogP contribution >= 0.6 is 0 Å². The van der Waals surface area contributed by atoms with Crippen LogP contribution in [0.4, 0.5) is 0 Å². The monoisotopic (exact) mass is 1930 g/mol. The van der Waals surface area contributed by atoms with E-state index < -0.39 is 0 Å². The number of unbranched alkanes of at least 4 members (excludes halogenated alkanes) is 61. The fourth-order valence-electron chi connectivity index (χ4n) is 17.2. The van der Waals surface area contributed by atoms with Gasteiger partial charge >= 0.3 is 0 Å². The number of nitrogens with one attached hydrogen (secondary N) is 10. The lowest BCUT2D eigenvalue weighted by Crippen LogP contribution is -2.38. The highest BCUT2D eigenvalue weighted by atomic mass is 16.2. The SMILES string of the molecule is CCCCCCCCCCCNC(=O)CCCCCNCCCCCN.CCCCCCCCCCCNC(=O)CCCCCNCCCCCNCCC(=O)NCCCCCCCCCCC.CCCCCCCCCCCNC(=O)CCCCCNCCN(CCN)CCC(=O)NCCCCCCCCCCC.CCCCCCCCCCCNC(=O)CCN(CCN)CCCCCC. The average molecular weight is 1930 g/mol. The Morgan fingerprint density at radius 2 is 0.324 bits per heavy atom. The lowest BCUT2D eigenvalue weighted by Gasteiger charge is -2.21. The van der Waals surface area contributed by atoms with Crippen LogP contribution in [0.1, 0.15) is 556 Å². The first-order valence-electron chi connectivity index (χ1n) is 59.9. The van der Waals surface area contributed by atoms with E-state index >= 15 is 0 Å². The van der Waals surface area contributed by atoms with Crippen molar-refractivity contribution in [2.24, 2.45) is 17.2 Å². The average Bonchev–Trinajstić information content (AvgIpc) is 0.982. The van der Waals surface area contributed by atoms with Crippen LogP contribution < -0.4 is 70.4 Å². The standard InChI is InChI=1S/C36H74N4O2.C35H73N5O2.2C22H47N3O/c1-3-5-7-9-11-13-15-17-25-32-39-35(41)27-21-19-22-29-37-30-23-20-24-31-38-34-28-36(42)40-33-26-18-16-14-12-10-8-6-4-2;1-3-5-7-9-11-13-15-17-22-28-38-34(41)24-20-19-21-27-37-30-33-40(32-26-36)31-25-35(42)39-29-23-18-16-14-12-10-8-6-4-2;1-3-5-7-9-10-11-12-13-14-18-24-22(26)16-20-25(21-17-23)19-15-8-6-4-2;1-2-3-4-5-6-7-8-9-16-21-25-22(26)17-12-10-14-19-24-20-15-11-13-18-23/h37-38H,3-34H2,1-2H3,(H,39,41)(H,40,42);37H,3-33,36H2,1-2H3,(H,38,41)(H,39,42);3-21,23H2,1-2H3,(H,24,26);24H,2-21,23H2,1H3,(H,25,26). The number of nitrogens with zero attached hydrogens (tertiary/aromatic N) is 2. The first-order valence-corrected chi connectivity index (χ1v) is 59.9. The van der Waals surface area contributed by atoms with Crippen molar-refractivity contribution < 1.29 is 28.8 Å². The van der Waals surface area contributed by atoms with Gasteiger partial charge in [0.05, 0.1) is 0 Å². The minimum absolute atomic E-state index is 0.154. The van der Waals surface area contributed by atoms with E-state index in [0.29, 0.717) is 51.6 Å². The van der Waals surface area contributed by atoms with E-state index in [1.54, 1.807) is 0 Å². The smallest absolute Gasteiger partial charge is 0.221 e. The Labute approximate surface area is 845 Å². The van der Waals surface area contributed by atoms with Gasteiger partial charge in [-0.2, -0.15) is 0 Å². The Morgan fingerprint density at radius 1 is 0.147 bits per heavy atom. The molecular weight excluding hydrogens is 1690 g/mol. The van der Waals surface area contributed by atoms with Crippen molar-refractivity contribution in [1.29, 1.82) is 0 Å². The molecular formula is C115H241N15O6. The largest absolute Gasteiger partial charge is 0.356 e. The maximum atomic E-state index is 12.2. The van der Waals surface area contributed by atoms with E-state index in [0.717, 1.165) is 240 Å².